The predicted octanol–water partition coefficient (Wildman–Crippen LogP) is 2.15. The number of hydrogen-bond acceptors (Lipinski definition) is 2. The van der Waals surface area contributed by atoms with E-state index in [9.17, 15) is 4.79 Å². The molecule has 11 heavy (non-hydrogen) atoms. The first-order chi connectivity index (χ1) is 5.18. The van der Waals surface area contributed by atoms with Gasteiger partial charge in [0.1, 0.15) is 0 Å². The summed E-state index contributed by atoms with van der Waals surface area (Å²) < 4.78 is 1.07. The quantitative estimate of drug-likeness (QED) is 0.834. The van der Waals surface area contributed by atoms with E-state index in [0.717, 1.165) is 9.35 Å². The Balaban J connectivity index is 2.45. The van der Waals surface area contributed by atoms with Gasteiger partial charge in [-0.25, -0.2) is 0 Å². The van der Waals surface area contributed by atoms with Crippen molar-refractivity contribution in [2.24, 2.45) is 0 Å². The van der Waals surface area contributed by atoms with Crippen molar-refractivity contribution in [3.8, 4) is 0 Å². The zero-order valence-corrected chi connectivity index (χ0v) is 8.46. The van der Waals surface area contributed by atoms with Crippen LogP contribution in [0.2, 0.25) is 0 Å². The van der Waals surface area contributed by atoms with E-state index in [2.05, 4.69) is 21.2 Å². The molecule has 1 aromatic rings. The first kappa shape index (κ1) is 8.74. The van der Waals surface area contributed by atoms with E-state index >= 15 is 0 Å². The van der Waals surface area contributed by atoms with Gasteiger partial charge in [-0.05, 0) is 22.0 Å². The van der Waals surface area contributed by atoms with Gasteiger partial charge in [-0.3, -0.25) is 4.79 Å². The third-order valence-corrected chi connectivity index (χ3v) is 2.83. The second-order valence-electron chi connectivity index (χ2n) is 2.14. The lowest BCUT2D eigenvalue weighted by Gasteiger charge is -1.96. The van der Waals surface area contributed by atoms with Crippen molar-refractivity contribution in [3.63, 3.8) is 0 Å². The molecule has 1 rings (SSSR count). The van der Waals surface area contributed by atoms with Crippen LogP contribution in [-0.4, -0.2) is 5.91 Å². The minimum absolute atomic E-state index is 0.00882. The van der Waals surface area contributed by atoms with Crippen LogP contribution >= 0.6 is 27.3 Å². The lowest BCUT2D eigenvalue weighted by molar-refractivity contribution is -0.119. The first-order valence-electron chi connectivity index (χ1n) is 3.16. The van der Waals surface area contributed by atoms with Gasteiger partial charge in [-0.2, -0.15) is 0 Å². The highest BCUT2D eigenvalue weighted by atomic mass is 79.9. The Bertz CT molecular complexity index is 259. The molecule has 1 aromatic heterocycles. The van der Waals surface area contributed by atoms with Gasteiger partial charge in [-0.1, -0.05) is 0 Å². The zero-order chi connectivity index (χ0) is 8.27. The second kappa shape index (κ2) is 3.88. The summed E-state index contributed by atoms with van der Waals surface area (Å²) in [5.74, 6) is 0.00882. The average molecular weight is 234 g/mol. The summed E-state index contributed by atoms with van der Waals surface area (Å²) in [6.45, 7) is 2.15. The number of halogens is 1. The number of thiophene rings is 1. The molecule has 60 valence electrons. The van der Waals surface area contributed by atoms with Crippen LogP contribution in [0.4, 0.5) is 0 Å². The van der Waals surface area contributed by atoms with Crippen LogP contribution in [0.3, 0.4) is 0 Å². The molecule has 0 aliphatic rings. The molecule has 1 amide bonds. The summed E-state index contributed by atoms with van der Waals surface area (Å²) >= 11 is 4.97. The Kier molecular flexibility index (Phi) is 3.08. The molecule has 0 bridgehead atoms. The highest BCUT2D eigenvalue weighted by Crippen LogP contribution is 2.19. The molecule has 0 unspecified atom stereocenters. The van der Waals surface area contributed by atoms with Crippen LogP contribution in [-0.2, 0) is 11.3 Å². The molecule has 0 saturated heterocycles. The van der Waals surface area contributed by atoms with Crippen LogP contribution in [0, 0.1) is 0 Å². The molecule has 0 atom stereocenters. The van der Waals surface area contributed by atoms with Gasteiger partial charge in [0.15, 0.2) is 0 Å². The molecule has 2 nitrogen and oxygen atoms in total. The Labute approximate surface area is 77.7 Å². The number of carbonyl (C=O) groups excluding carboxylic acids is 1. The lowest BCUT2D eigenvalue weighted by atomic mass is 10.4. The lowest BCUT2D eigenvalue weighted by Crippen LogP contribution is -2.17. The molecule has 0 aliphatic carbocycles. The van der Waals surface area contributed by atoms with Crippen molar-refractivity contribution in [1.82, 2.24) is 5.32 Å². The summed E-state index contributed by atoms with van der Waals surface area (Å²) in [7, 11) is 0. The van der Waals surface area contributed by atoms with E-state index in [-0.39, 0.29) is 5.91 Å². The van der Waals surface area contributed by atoms with Crippen molar-refractivity contribution < 1.29 is 4.79 Å². The fourth-order valence-electron chi connectivity index (χ4n) is 0.658. The summed E-state index contributed by atoms with van der Waals surface area (Å²) in [6, 6.07) is 2.00. The maximum Gasteiger partial charge on any atom is 0.217 e. The first-order valence-corrected chi connectivity index (χ1v) is 4.83. The Morgan fingerprint density at radius 3 is 3.00 bits per heavy atom. The average Bonchev–Trinajstić information content (AvgIpc) is 2.31. The SMILES string of the molecule is CC(=O)NCc1cc(Br)cs1. The maximum absolute atomic E-state index is 10.5. The van der Waals surface area contributed by atoms with Crippen molar-refractivity contribution in [2.75, 3.05) is 0 Å². The van der Waals surface area contributed by atoms with Crippen molar-refractivity contribution in [2.45, 2.75) is 13.5 Å². The Hall–Kier alpha value is -0.350. The van der Waals surface area contributed by atoms with E-state index in [0.29, 0.717) is 6.54 Å². The fourth-order valence-corrected chi connectivity index (χ4v) is 2.05. The topological polar surface area (TPSA) is 29.1 Å². The molecule has 1 heterocycles. The summed E-state index contributed by atoms with van der Waals surface area (Å²) in [6.07, 6.45) is 0. The molecular weight excluding hydrogens is 226 g/mol. The highest BCUT2D eigenvalue weighted by molar-refractivity contribution is 9.10. The van der Waals surface area contributed by atoms with Crippen LogP contribution in [0.1, 0.15) is 11.8 Å². The largest absolute Gasteiger partial charge is 0.351 e. The molecule has 0 aliphatic heterocycles. The smallest absolute Gasteiger partial charge is 0.217 e. The van der Waals surface area contributed by atoms with Gasteiger partial charge in [0.25, 0.3) is 0 Å². The van der Waals surface area contributed by atoms with Crippen LogP contribution in [0.15, 0.2) is 15.9 Å². The number of rotatable bonds is 2. The van der Waals surface area contributed by atoms with E-state index in [4.69, 9.17) is 0 Å². The minimum atomic E-state index is 0.00882. The van der Waals surface area contributed by atoms with Gasteiger partial charge < -0.3 is 5.32 Å². The summed E-state index contributed by atoms with van der Waals surface area (Å²) in [5.41, 5.74) is 0. The minimum Gasteiger partial charge on any atom is -0.351 e. The van der Waals surface area contributed by atoms with E-state index in [1.54, 1.807) is 11.3 Å². The summed E-state index contributed by atoms with van der Waals surface area (Å²) in [5, 5.41) is 4.72. The van der Waals surface area contributed by atoms with Crippen molar-refractivity contribution in [3.05, 3.63) is 20.8 Å². The molecular formula is C7H8BrNOS. The maximum atomic E-state index is 10.5. The van der Waals surface area contributed by atoms with Crippen molar-refractivity contribution >= 4 is 33.2 Å². The number of nitrogens with one attached hydrogen (secondary N) is 1. The van der Waals surface area contributed by atoms with Crippen LogP contribution in [0.5, 0.6) is 0 Å². The molecule has 0 saturated carbocycles. The standard InChI is InChI=1S/C7H8BrNOS/c1-5(10)9-3-7-2-6(8)4-11-7/h2,4H,3H2,1H3,(H,9,10). The van der Waals surface area contributed by atoms with Crippen LogP contribution in [0.25, 0.3) is 0 Å². The third kappa shape index (κ3) is 3.03. The highest BCUT2D eigenvalue weighted by Gasteiger charge is 1.97. The molecule has 0 aromatic carbocycles. The van der Waals surface area contributed by atoms with Gasteiger partial charge in [0.05, 0.1) is 6.54 Å². The van der Waals surface area contributed by atoms with Crippen LogP contribution < -0.4 is 5.32 Å². The second-order valence-corrected chi connectivity index (χ2v) is 4.05. The monoisotopic (exact) mass is 233 g/mol. The van der Waals surface area contributed by atoms with Crippen molar-refractivity contribution in [1.29, 1.82) is 0 Å². The normalized spacial score (nSPS) is 9.64. The van der Waals surface area contributed by atoms with E-state index in [1.165, 1.54) is 6.92 Å². The molecule has 1 N–H and O–H groups in total. The Morgan fingerprint density at radius 1 is 1.82 bits per heavy atom. The van der Waals surface area contributed by atoms with E-state index < -0.39 is 0 Å². The Morgan fingerprint density at radius 2 is 2.55 bits per heavy atom. The molecule has 0 fully saturated rings. The number of carbonyl (C=O) groups is 1. The fraction of sp³-hybridized carbons (Fsp3) is 0.286. The number of hydrogen-bond donors (Lipinski definition) is 1. The van der Waals surface area contributed by atoms with Gasteiger partial charge in [-0.15, -0.1) is 11.3 Å². The molecule has 0 radical (unpaired) electrons. The third-order valence-electron chi connectivity index (χ3n) is 1.13. The van der Waals surface area contributed by atoms with Gasteiger partial charge in [0.2, 0.25) is 5.91 Å². The predicted molar refractivity (Wildman–Crippen MR) is 49.5 cm³/mol. The molecule has 4 heteroatoms. The van der Waals surface area contributed by atoms with E-state index in [1.807, 2.05) is 11.4 Å². The van der Waals surface area contributed by atoms with Gasteiger partial charge >= 0.3 is 0 Å². The zero-order valence-electron chi connectivity index (χ0n) is 6.06. The number of amides is 1. The molecule has 0 spiro atoms. The van der Waals surface area contributed by atoms with Gasteiger partial charge in [0, 0.05) is 21.7 Å². The summed E-state index contributed by atoms with van der Waals surface area (Å²) in [4.78, 5) is 11.7.